The van der Waals surface area contributed by atoms with Crippen LogP contribution in [0.2, 0.25) is 0 Å². The molecule has 2 aromatic carbocycles. The molecule has 0 radical (unpaired) electrons. The van der Waals surface area contributed by atoms with Crippen molar-refractivity contribution in [3.8, 4) is 0 Å². The minimum Gasteiger partial charge on any atom is -0.324 e. The topological polar surface area (TPSA) is 110 Å². The van der Waals surface area contributed by atoms with Gasteiger partial charge >= 0.3 is 0 Å². The Bertz CT molecular complexity index is 1010. The number of non-ortho nitro benzene ring substituents is 1. The number of benzene rings is 2. The number of nitro groups is 1. The molecule has 2 aromatic rings. The van der Waals surface area contributed by atoms with Gasteiger partial charge in [-0.3, -0.25) is 19.2 Å². The van der Waals surface area contributed by atoms with E-state index in [1.807, 2.05) is 0 Å². The Kier molecular flexibility index (Phi) is 6.29. The van der Waals surface area contributed by atoms with Crippen molar-refractivity contribution in [3.63, 3.8) is 0 Å². The zero-order chi connectivity index (χ0) is 21.1. The number of nitro benzene ring substituents is 1. The molecule has 1 unspecified atom stereocenters. The molecule has 2 rings (SSSR count). The van der Waals surface area contributed by atoms with E-state index in [9.17, 15) is 32.1 Å². The van der Waals surface area contributed by atoms with Crippen molar-refractivity contribution in [1.29, 1.82) is 0 Å². The maximum absolute atomic E-state index is 13.3. The van der Waals surface area contributed by atoms with E-state index in [1.165, 1.54) is 18.2 Å². The van der Waals surface area contributed by atoms with E-state index in [0.717, 1.165) is 34.8 Å². The van der Waals surface area contributed by atoms with Gasteiger partial charge in [0, 0.05) is 23.9 Å². The highest BCUT2D eigenvalue weighted by atomic mass is 32.2. The van der Waals surface area contributed by atoms with Crippen LogP contribution in [0.4, 0.5) is 25.8 Å². The Morgan fingerprint density at radius 1 is 1.21 bits per heavy atom. The highest BCUT2D eigenvalue weighted by Crippen LogP contribution is 2.27. The van der Waals surface area contributed by atoms with Crippen molar-refractivity contribution in [1.82, 2.24) is 0 Å². The smallest absolute Gasteiger partial charge is 0.271 e. The molecule has 0 bridgehead atoms. The molecule has 28 heavy (non-hydrogen) atoms. The number of nitrogens with zero attached hydrogens (tertiary/aromatic N) is 2. The summed E-state index contributed by atoms with van der Waals surface area (Å²) in [6, 6.07) is 6.28. The van der Waals surface area contributed by atoms with E-state index in [4.69, 9.17) is 0 Å². The second-order valence-electron chi connectivity index (χ2n) is 5.88. The molecule has 0 saturated heterocycles. The Labute approximate surface area is 160 Å². The van der Waals surface area contributed by atoms with Crippen LogP contribution in [0.25, 0.3) is 0 Å². The first kappa shape index (κ1) is 21.2. The van der Waals surface area contributed by atoms with Gasteiger partial charge in [-0.2, -0.15) is 0 Å². The molecule has 1 amide bonds. The maximum Gasteiger partial charge on any atom is 0.271 e. The van der Waals surface area contributed by atoms with Gasteiger partial charge < -0.3 is 5.32 Å². The van der Waals surface area contributed by atoms with Crippen LogP contribution in [-0.4, -0.2) is 31.5 Å². The third-order valence-electron chi connectivity index (χ3n) is 3.81. The second kappa shape index (κ2) is 8.30. The minimum absolute atomic E-state index is 0.0191. The van der Waals surface area contributed by atoms with Gasteiger partial charge in [-0.1, -0.05) is 13.0 Å². The number of amides is 1. The van der Waals surface area contributed by atoms with Gasteiger partial charge in [0.15, 0.2) is 11.6 Å². The Morgan fingerprint density at radius 2 is 1.89 bits per heavy atom. The van der Waals surface area contributed by atoms with Gasteiger partial charge in [0.2, 0.25) is 15.9 Å². The zero-order valence-corrected chi connectivity index (χ0v) is 15.7. The van der Waals surface area contributed by atoms with Crippen molar-refractivity contribution in [2.75, 3.05) is 15.9 Å². The predicted octanol–water partition coefficient (Wildman–Crippen LogP) is 3.06. The van der Waals surface area contributed by atoms with Crippen LogP contribution in [0.15, 0.2) is 42.5 Å². The van der Waals surface area contributed by atoms with Gasteiger partial charge in [-0.05, 0) is 24.6 Å². The van der Waals surface area contributed by atoms with Crippen molar-refractivity contribution in [3.05, 3.63) is 64.2 Å². The number of hydrogen-bond acceptors (Lipinski definition) is 5. The molecular formula is C17H17F2N3O5S. The minimum atomic E-state index is -4.01. The van der Waals surface area contributed by atoms with E-state index >= 15 is 0 Å². The molecule has 0 heterocycles. The summed E-state index contributed by atoms with van der Waals surface area (Å²) in [5.74, 6) is -3.07. The second-order valence-corrected chi connectivity index (χ2v) is 7.74. The molecule has 0 spiro atoms. The van der Waals surface area contributed by atoms with Gasteiger partial charge in [0.25, 0.3) is 5.69 Å². The molecule has 0 aliphatic heterocycles. The summed E-state index contributed by atoms with van der Waals surface area (Å²) in [6.07, 6.45) is 0.880. The van der Waals surface area contributed by atoms with Crippen LogP contribution >= 0.6 is 0 Å². The predicted molar refractivity (Wildman–Crippen MR) is 99.5 cm³/mol. The summed E-state index contributed by atoms with van der Waals surface area (Å²) in [5, 5.41) is 13.3. The van der Waals surface area contributed by atoms with Crippen LogP contribution in [0.1, 0.15) is 13.3 Å². The van der Waals surface area contributed by atoms with Crippen LogP contribution in [0.5, 0.6) is 0 Å². The van der Waals surface area contributed by atoms with Crippen molar-refractivity contribution >= 4 is 33.0 Å². The lowest BCUT2D eigenvalue weighted by Crippen LogP contribution is -2.47. The number of carbonyl (C=O) groups is 1. The first-order valence-electron chi connectivity index (χ1n) is 8.04. The maximum atomic E-state index is 13.3. The standard InChI is InChI=1S/C17H17F2N3O5S/c1-3-16(17(23)20-11-7-8-14(18)15(19)9-11)21(28(2,26)27)12-5-4-6-13(10-12)22(24)25/h4-10,16H,3H2,1-2H3,(H,20,23). The number of hydrogen-bond donors (Lipinski definition) is 1. The molecule has 0 aliphatic carbocycles. The normalized spacial score (nSPS) is 12.3. The lowest BCUT2D eigenvalue weighted by atomic mass is 10.1. The van der Waals surface area contributed by atoms with Crippen molar-refractivity contribution < 1.29 is 26.9 Å². The van der Waals surface area contributed by atoms with E-state index in [0.29, 0.717) is 0 Å². The number of carbonyl (C=O) groups excluding carboxylic acids is 1. The lowest BCUT2D eigenvalue weighted by molar-refractivity contribution is -0.384. The summed E-state index contributed by atoms with van der Waals surface area (Å²) < 4.78 is 51.8. The summed E-state index contributed by atoms with van der Waals surface area (Å²) in [4.78, 5) is 23.0. The molecule has 0 aromatic heterocycles. The fraction of sp³-hybridized carbons (Fsp3) is 0.235. The highest BCUT2D eigenvalue weighted by molar-refractivity contribution is 7.92. The van der Waals surface area contributed by atoms with E-state index in [1.54, 1.807) is 6.92 Å². The number of anilines is 2. The molecule has 1 atom stereocenters. The quantitative estimate of drug-likeness (QED) is 0.554. The Balaban J connectivity index is 2.42. The molecule has 1 N–H and O–H groups in total. The fourth-order valence-corrected chi connectivity index (χ4v) is 3.81. The average molecular weight is 413 g/mol. The summed E-state index contributed by atoms with van der Waals surface area (Å²) in [6.45, 7) is 1.55. The third kappa shape index (κ3) is 4.80. The Morgan fingerprint density at radius 3 is 2.43 bits per heavy atom. The first-order valence-corrected chi connectivity index (χ1v) is 9.89. The van der Waals surface area contributed by atoms with Gasteiger partial charge in [-0.25, -0.2) is 17.2 Å². The molecule has 8 nitrogen and oxygen atoms in total. The van der Waals surface area contributed by atoms with Crippen molar-refractivity contribution in [2.24, 2.45) is 0 Å². The lowest BCUT2D eigenvalue weighted by Gasteiger charge is -2.30. The van der Waals surface area contributed by atoms with E-state index in [-0.39, 0.29) is 23.5 Å². The number of rotatable bonds is 7. The monoisotopic (exact) mass is 413 g/mol. The van der Waals surface area contributed by atoms with Crippen molar-refractivity contribution in [2.45, 2.75) is 19.4 Å². The molecule has 150 valence electrons. The average Bonchev–Trinajstić information content (AvgIpc) is 2.61. The number of sulfonamides is 1. The van der Waals surface area contributed by atoms with E-state index in [2.05, 4.69) is 5.32 Å². The molecular weight excluding hydrogens is 396 g/mol. The summed E-state index contributed by atoms with van der Waals surface area (Å²) >= 11 is 0. The van der Waals surface area contributed by atoms with Crippen LogP contribution in [-0.2, 0) is 14.8 Å². The van der Waals surface area contributed by atoms with Crippen LogP contribution in [0.3, 0.4) is 0 Å². The molecule has 0 aliphatic rings. The SMILES string of the molecule is CCC(C(=O)Nc1ccc(F)c(F)c1)N(c1cccc([N+](=O)[O-])c1)S(C)(=O)=O. The van der Waals surface area contributed by atoms with Crippen LogP contribution in [0, 0.1) is 21.7 Å². The first-order chi connectivity index (χ1) is 13.0. The number of halogens is 2. The highest BCUT2D eigenvalue weighted by Gasteiger charge is 2.32. The van der Waals surface area contributed by atoms with Gasteiger partial charge in [0.05, 0.1) is 16.9 Å². The molecule has 0 saturated carbocycles. The largest absolute Gasteiger partial charge is 0.324 e. The Hall–Kier alpha value is -3.08. The third-order valence-corrected chi connectivity index (χ3v) is 4.99. The van der Waals surface area contributed by atoms with Crippen LogP contribution < -0.4 is 9.62 Å². The number of nitrogens with one attached hydrogen (secondary N) is 1. The van der Waals surface area contributed by atoms with Gasteiger partial charge in [0.1, 0.15) is 6.04 Å². The summed E-state index contributed by atoms with van der Waals surface area (Å²) in [5.41, 5.74) is -0.471. The molecule has 11 heteroatoms. The zero-order valence-electron chi connectivity index (χ0n) is 14.9. The van der Waals surface area contributed by atoms with E-state index < -0.39 is 38.5 Å². The molecule has 0 fully saturated rings. The fourth-order valence-electron chi connectivity index (χ4n) is 2.60. The summed E-state index contributed by atoms with van der Waals surface area (Å²) in [7, 11) is -4.01. The van der Waals surface area contributed by atoms with Gasteiger partial charge in [-0.15, -0.1) is 0 Å².